The predicted molar refractivity (Wildman–Crippen MR) is 66.4 cm³/mol. The molecule has 2 heterocycles. The summed E-state index contributed by atoms with van der Waals surface area (Å²) < 4.78 is 2.12. The molecule has 0 amide bonds. The van der Waals surface area contributed by atoms with Crippen LogP contribution in [0, 0.1) is 0 Å². The highest BCUT2D eigenvalue weighted by molar-refractivity contribution is 5.61. The molecular formula is C13H15N3O. The highest BCUT2D eigenvalue weighted by Gasteiger charge is 2.18. The number of nitrogens with two attached hydrogens (primary N) is 1. The van der Waals surface area contributed by atoms with Crippen molar-refractivity contribution < 1.29 is 5.11 Å². The molecule has 1 atom stereocenters. The van der Waals surface area contributed by atoms with E-state index in [9.17, 15) is 5.11 Å². The van der Waals surface area contributed by atoms with Gasteiger partial charge in [0.2, 0.25) is 0 Å². The monoisotopic (exact) mass is 229 g/mol. The number of aryl methyl sites for hydroxylation is 1. The number of aliphatic hydroxyl groups is 1. The second kappa shape index (κ2) is 3.89. The first-order valence-corrected chi connectivity index (χ1v) is 5.82. The summed E-state index contributed by atoms with van der Waals surface area (Å²) in [6.45, 7) is 0.846. The molecule has 17 heavy (non-hydrogen) atoms. The van der Waals surface area contributed by atoms with E-state index in [1.807, 2.05) is 30.5 Å². The number of aromatic nitrogens is 2. The molecule has 3 rings (SSSR count). The van der Waals surface area contributed by atoms with Gasteiger partial charge in [-0.25, -0.2) is 4.98 Å². The number of aliphatic hydroxyl groups excluding tert-OH is 1. The Hall–Kier alpha value is -1.81. The maximum atomic E-state index is 9.60. The molecule has 0 spiro atoms. The number of benzene rings is 1. The van der Waals surface area contributed by atoms with Crippen LogP contribution in [-0.2, 0) is 13.0 Å². The maximum absolute atomic E-state index is 9.60. The number of fused-ring (bicyclic) bond motifs is 1. The molecule has 0 bridgehead atoms. The van der Waals surface area contributed by atoms with E-state index in [-0.39, 0.29) is 6.10 Å². The molecule has 1 aromatic heterocycles. The van der Waals surface area contributed by atoms with Gasteiger partial charge in [0, 0.05) is 30.4 Å². The number of anilines is 1. The van der Waals surface area contributed by atoms with E-state index < -0.39 is 0 Å². The van der Waals surface area contributed by atoms with Crippen molar-refractivity contribution in [3.05, 3.63) is 36.3 Å². The maximum Gasteiger partial charge on any atom is 0.112 e. The van der Waals surface area contributed by atoms with Gasteiger partial charge in [-0.15, -0.1) is 0 Å². The zero-order valence-corrected chi connectivity index (χ0v) is 9.50. The molecule has 4 nitrogen and oxygen atoms in total. The number of hydrogen-bond donors (Lipinski definition) is 2. The quantitative estimate of drug-likeness (QED) is 0.727. The van der Waals surface area contributed by atoms with Gasteiger partial charge in [-0.05, 0) is 18.6 Å². The zero-order valence-electron chi connectivity index (χ0n) is 9.50. The zero-order chi connectivity index (χ0) is 11.8. The fourth-order valence-corrected chi connectivity index (χ4v) is 2.20. The van der Waals surface area contributed by atoms with E-state index in [2.05, 4.69) is 9.55 Å². The predicted octanol–water partition coefficient (Wildman–Crippen LogP) is 1.44. The van der Waals surface area contributed by atoms with E-state index in [0.29, 0.717) is 6.42 Å². The first kappa shape index (κ1) is 10.4. The van der Waals surface area contributed by atoms with E-state index in [4.69, 9.17) is 5.73 Å². The Labute approximate surface area is 99.7 Å². The summed E-state index contributed by atoms with van der Waals surface area (Å²) in [6.07, 6.45) is 3.26. The lowest BCUT2D eigenvalue weighted by Gasteiger charge is -2.18. The van der Waals surface area contributed by atoms with Crippen LogP contribution in [0.15, 0.2) is 30.5 Å². The minimum Gasteiger partial charge on any atom is -0.399 e. The molecule has 88 valence electrons. The fourth-order valence-electron chi connectivity index (χ4n) is 2.20. The summed E-state index contributed by atoms with van der Waals surface area (Å²) in [5.41, 5.74) is 8.44. The SMILES string of the molecule is Nc1ccc(-c2cn3c(n2)CC(O)CC3)cc1. The summed E-state index contributed by atoms with van der Waals surface area (Å²) in [5, 5.41) is 9.60. The number of imidazole rings is 1. The molecule has 1 aromatic carbocycles. The topological polar surface area (TPSA) is 64.1 Å². The Kier molecular flexibility index (Phi) is 2.37. The average molecular weight is 229 g/mol. The van der Waals surface area contributed by atoms with Gasteiger partial charge >= 0.3 is 0 Å². The van der Waals surface area contributed by atoms with E-state index in [1.165, 1.54) is 0 Å². The molecular weight excluding hydrogens is 214 g/mol. The van der Waals surface area contributed by atoms with Crippen molar-refractivity contribution in [3.63, 3.8) is 0 Å². The first-order valence-electron chi connectivity index (χ1n) is 5.82. The first-order chi connectivity index (χ1) is 8.22. The second-order valence-corrected chi connectivity index (χ2v) is 4.50. The van der Waals surface area contributed by atoms with Crippen LogP contribution in [0.25, 0.3) is 11.3 Å². The lowest BCUT2D eigenvalue weighted by molar-refractivity contribution is 0.141. The fraction of sp³-hybridized carbons (Fsp3) is 0.308. The van der Waals surface area contributed by atoms with Gasteiger partial charge in [0.25, 0.3) is 0 Å². The summed E-state index contributed by atoms with van der Waals surface area (Å²) in [5.74, 6) is 0.968. The van der Waals surface area contributed by atoms with Crippen molar-refractivity contribution in [3.8, 4) is 11.3 Å². The largest absolute Gasteiger partial charge is 0.399 e. The third kappa shape index (κ3) is 1.91. The molecule has 1 aliphatic heterocycles. The second-order valence-electron chi connectivity index (χ2n) is 4.50. The van der Waals surface area contributed by atoms with Crippen molar-refractivity contribution in [2.24, 2.45) is 0 Å². The summed E-state index contributed by atoms with van der Waals surface area (Å²) in [6, 6.07) is 7.70. The lowest BCUT2D eigenvalue weighted by atomic mass is 10.1. The van der Waals surface area contributed by atoms with Crippen LogP contribution >= 0.6 is 0 Å². The Morgan fingerprint density at radius 1 is 1.29 bits per heavy atom. The van der Waals surface area contributed by atoms with Crippen molar-refractivity contribution in [1.29, 1.82) is 0 Å². The van der Waals surface area contributed by atoms with Gasteiger partial charge in [-0.1, -0.05) is 12.1 Å². The minimum atomic E-state index is -0.246. The summed E-state index contributed by atoms with van der Waals surface area (Å²) in [4.78, 5) is 4.56. The van der Waals surface area contributed by atoms with Crippen LogP contribution in [0.1, 0.15) is 12.2 Å². The van der Waals surface area contributed by atoms with Crippen molar-refractivity contribution in [2.45, 2.75) is 25.5 Å². The van der Waals surface area contributed by atoms with Crippen LogP contribution in [0.3, 0.4) is 0 Å². The van der Waals surface area contributed by atoms with Crippen molar-refractivity contribution in [1.82, 2.24) is 9.55 Å². The summed E-state index contributed by atoms with van der Waals surface area (Å²) in [7, 11) is 0. The Bertz CT molecular complexity index is 530. The van der Waals surface area contributed by atoms with Crippen LogP contribution < -0.4 is 5.73 Å². The standard InChI is InChI=1S/C13H15N3O/c14-10-3-1-9(2-4-10)12-8-16-6-5-11(17)7-13(16)15-12/h1-4,8,11,17H,5-7,14H2. The molecule has 0 saturated carbocycles. The summed E-state index contributed by atoms with van der Waals surface area (Å²) >= 11 is 0. The van der Waals surface area contributed by atoms with Gasteiger partial charge in [0.05, 0.1) is 11.8 Å². The van der Waals surface area contributed by atoms with E-state index in [0.717, 1.165) is 35.7 Å². The molecule has 1 unspecified atom stereocenters. The van der Waals surface area contributed by atoms with Gasteiger partial charge in [-0.2, -0.15) is 0 Å². The van der Waals surface area contributed by atoms with Crippen LogP contribution in [0.4, 0.5) is 5.69 Å². The lowest BCUT2D eigenvalue weighted by Crippen LogP contribution is -2.22. The van der Waals surface area contributed by atoms with E-state index in [1.54, 1.807) is 0 Å². The van der Waals surface area contributed by atoms with Crippen LogP contribution in [0.5, 0.6) is 0 Å². The van der Waals surface area contributed by atoms with Crippen molar-refractivity contribution >= 4 is 5.69 Å². The third-order valence-corrected chi connectivity index (χ3v) is 3.19. The molecule has 0 saturated heterocycles. The molecule has 0 aliphatic carbocycles. The van der Waals surface area contributed by atoms with E-state index >= 15 is 0 Å². The number of nitrogen functional groups attached to an aromatic ring is 1. The molecule has 4 heteroatoms. The number of nitrogens with zero attached hydrogens (tertiary/aromatic N) is 2. The third-order valence-electron chi connectivity index (χ3n) is 3.19. The Morgan fingerprint density at radius 2 is 2.06 bits per heavy atom. The average Bonchev–Trinajstić information content (AvgIpc) is 2.72. The molecule has 3 N–H and O–H groups in total. The van der Waals surface area contributed by atoms with Gasteiger partial charge in [-0.3, -0.25) is 0 Å². The van der Waals surface area contributed by atoms with Gasteiger partial charge in [0.15, 0.2) is 0 Å². The highest BCUT2D eigenvalue weighted by atomic mass is 16.3. The van der Waals surface area contributed by atoms with Crippen molar-refractivity contribution in [2.75, 3.05) is 5.73 Å². The smallest absolute Gasteiger partial charge is 0.112 e. The minimum absolute atomic E-state index is 0.246. The Morgan fingerprint density at radius 3 is 2.82 bits per heavy atom. The molecule has 0 radical (unpaired) electrons. The van der Waals surface area contributed by atoms with Crippen LogP contribution in [-0.4, -0.2) is 20.8 Å². The Balaban J connectivity index is 1.97. The molecule has 1 aliphatic rings. The van der Waals surface area contributed by atoms with Crippen LogP contribution in [0.2, 0.25) is 0 Å². The molecule has 0 fully saturated rings. The number of hydrogen-bond acceptors (Lipinski definition) is 3. The van der Waals surface area contributed by atoms with Gasteiger partial charge < -0.3 is 15.4 Å². The number of rotatable bonds is 1. The van der Waals surface area contributed by atoms with Gasteiger partial charge in [0.1, 0.15) is 5.82 Å². The highest BCUT2D eigenvalue weighted by Crippen LogP contribution is 2.23. The molecule has 2 aromatic rings. The normalized spacial score (nSPS) is 19.0.